The molecule has 142 valence electrons. The van der Waals surface area contributed by atoms with Crippen LogP contribution in [-0.4, -0.2) is 28.3 Å². The normalized spacial score (nSPS) is 20.2. The van der Waals surface area contributed by atoms with Gasteiger partial charge in [0.15, 0.2) is 0 Å². The highest BCUT2D eigenvalue weighted by atomic mass is 16.5. The highest BCUT2D eigenvalue weighted by Gasteiger charge is 2.46. The van der Waals surface area contributed by atoms with Crippen LogP contribution >= 0.6 is 0 Å². The molecule has 2 aliphatic rings. The second-order valence-corrected chi connectivity index (χ2v) is 7.71. The topological polar surface area (TPSA) is 77.2 Å². The molecule has 0 radical (unpaired) electrons. The number of nitrogens with zero attached hydrogens (tertiary/aromatic N) is 4. The summed E-state index contributed by atoms with van der Waals surface area (Å²) in [7, 11) is 0. The van der Waals surface area contributed by atoms with Gasteiger partial charge in [-0.3, -0.25) is 0 Å². The van der Waals surface area contributed by atoms with Crippen LogP contribution in [-0.2, 0) is 6.42 Å². The Morgan fingerprint density at radius 2 is 1.71 bits per heavy atom. The van der Waals surface area contributed by atoms with Gasteiger partial charge in [-0.1, -0.05) is 42.5 Å². The number of benzene rings is 2. The molecule has 6 heteroatoms. The number of rotatable bonds is 3. The molecular formula is C22H23N5O. The molecule has 1 aromatic heterocycles. The number of anilines is 1. The standard InChI is InChI=1S/C22H23N5O/c23-20-18-9-5-4-6-16(18)14-22(20)10-12-27(13-11-22)21-24-15-19(25-26-21)28-17-7-2-1-3-8-17/h1-9,15,20H,10-14,23H2/t20-/m1/s1. The van der Waals surface area contributed by atoms with E-state index in [2.05, 4.69) is 44.3 Å². The molecule has 2 aromatic carbocycles. The third-order valence-corrected chi connectivity index (χ3v) is 6.13. The monoisotopic (exact) mass is 373 g/mol. The number of hydrogen-bond acceptors (Lipinski definition) is 6. The minimum absolute atomic E-state index is 0.117. The Labute approximate surface area is 164 Å². The Bertz CT molecular complexity index is 952. The molecule has 2 N–H and O–H groups in total. The van der Waals surface area contributed by atoms with E-state index in [0.29, 0.717) is 11.8 Å². The fourth-order valence-electron chi connectivity index (χ4n) is 4.52. The van der Waals surface area contributed by atoms with Gasteiger partial charge in [0.1, 0.15) is 5.75 Å². The van der Waals surface area contributed by atoms with Crippen molar-refractivity contribution in [2.24, 2.45) is 11.1 Å². The van der Waals surface area contributed by atoms with E-state index < -0.39 is 0 Å². The summed E-state index contributed by atoms with van der Waals surface area (Å²) in [5.41, 5.74) is 9.53. The minimum Gasteiger partial charge on any atom is -0.436 e. The summed E-state index contributed by atoms with van der Waals surface area (Å²) in [5.74, 6) is 1.78. The maximum Gasteiger partial charge on any atom is 0.257 e. The number of hydrogen-bond donors (Lipinski definition) is 1. The fourth-order valence-corrected chi connectivity index (χ4v) is 4.52. The predicted molar refractivity (Wildman–Crippen MR) is 107 cm³/mol. The highest BCUT2D eigenvalue weighted by molar-refractivity contribution is 5.40. The van der Waals surface area contributed by atoms with Crippen molar-refractivity contribution in [1.82, 2.24) is 15.2 Å². The lowest BCUT2D eigenvalue weighted by Gasteiger charge is -2.42. The number of nitrogens with two attached hydrogens (primary N) is 1. The third kappa shape index (κ3) is 2.99. The molecule has 0 unspecified atom stereocenters. The van der Waals surface area contributed by atoms with Gasteiger partial charge in [-0.15, -0.1) is 10.2 Å². The lowest BCUT2D eigenvalue weighted by Crippen LogP contribution is -2.45. The number of fused-ring (bicyclic) bond motifs is 1. The second-order valence-electron chi connectivity index (χ2n) is 7.71. The highest BCUT2D eigenvalue weighted by Crippen LogP contribution is 2.50. The average molecular weight is 373 g/mol. The van der Waals surface area contributed by atoms with Crippen LogP contribution in [0.4, 0.5) is 5.95 Å². The van der Waals surface area contributed by atoms with Crippen LogP contribution in [0.5, 0.6) is 11.6 Å². The van der Waals surface area contributed by atoms with Crippen LogP contribution in [0, 0.1) is 5.41 Å². The molecule has 1 aliphatic carbocycles. The first-order valence-corrected chi connectivity index (χ1v) is 9.74. The van der Waals surface area contributed by atoms with E-state index in [4.69, 9.17) is 10.5 Å². The Balaban J connectivity index is 1.25. The van der Waals surface area contributed by atoms with Gasteiger partial charge in [0.2, 0.25) is 5.95 Å². The molecule has 0 saturated carbocycles. The molecule has 2 heterocycles. The number of para-hydroxylation sites is 1. The number of ether oxygens (including phenoxy) is 1. The predicted octanol–water partition coefficient (Wildman–Crippen LogP) is 3.51. The summed E-state index contributed by atoms with van der Waals surface area (Å²) in [6, 6.07) is 18.2. The van der Waals surface area contributed by atoms with E-state index in [1.807, 2.05) is 30.3 Å². The van der Waals surface area contributed by atoms with E-state index in [1.54, 1.807) is 6.20 Å². The number of aromatic nitrogens is 3. The first-order chi connectivity index (χ1) is 13.7. The minimum atomic E-state index is 0.117. The molecule has 0 amide bonds. The lowest BCUT2D eigenvalue weighted by molar-refractivity contribution is 0.186. The van der Waals surface area contributed by atoms with Gasteiger partial charge in [-0.25, -0.2) is 4.98 Å². The van der Waals surface area contributed by atoms with E-state index >= 15 is 0 Å². The van der Waals surface area contributed by atoms with Gasteiger partial charge < -0.3 is 15.4 Å². The zero-order valence-corrected chi connectivity index (χ0v) is 15.7. The van der Waals surface area contributed by atoms with E-state index in [-0.39, 0.29) is 11.5 Å². The molecule has 1 spiro atoms. The van der Waals surface area contributed by atoms with Gasteiger partial charge in [0.05, 0.1) is 6.20 Å². The van der Waals surface area contributed by atoms with Crippen molar-refractivity contribution in [3.63, 3.8) is 0 Å². The smallest absolute Gasteiger partial charge is 0.257 e. The zero-order chi connectivity index (χ0) is 19.0. The molecule has 28 heavy (non-hydrogen) atoms. The largest absolute Gasteiger partial charge is 0.436 e. The molecule has 1 fully saturated rings. The van der Waals surface area contributed by atoms with Crippen molar-refractivity contribution < 1.29 is 4.74 Å². The van der Waals surface area contributed by atoms with Crippen LogP contribution in [0.2, 0.25) is 0 Å². The van der Waals surface area contributed by atoms with Crippen molar-refractivity contribution in [2.45, 2.75) is 25.3 Å². The molecule has 1 atom stereocenters. The summed E-state index contributed by atoms with van der Waals surface area (Å²) >= 11 is 0. The third-order valence-electron chi connectivity index (χ3n) is 6.13. The summed E-state index contributed by atoms with van der Waals surface area (Å²) in [4.78, 5) is 6.66. The second kappa shape index (κ2) is 6.87. The van der Waals surface area contributed by atoms with Crippen LogP contribution in [0.1, 0.15) is 30.0 Å². The van der Waals surface area contributed by atoms with Crippen LogP contribution in [0.3, 0.4) is 0 Å². The Kier molecular flexibility index (Phi) is 4.20. The lowest BCUT2D eigenvalue weighted by atomic mass is 9.73. The Morgan fingerprint density at radius 1 is 0.964 bits per heavy atom. The maximum atomic E-state index is 6.65. The van der Waals surface area contributed by atoms with Gasteiger partial charge in [-0.2, -0.15) is 0 Å². The molecule has 0 bridgehead atoms. The van der Waals surface area contributed by atoms with Crippen molar-refractivity contribution in [2.75, 3.05) is 18.0 Å². The molecule has 1 aliphatic heterocycles. The molecule has 3 aromatic rings. The molecule has 1 saturated heterocycles. The summed E-state index contributed by atoms with van der Waals surface area (Å²) in [5, 5.41) is 8.47. The summed E-state index contributed by atoms with van der Waals surface area (Å²) < 4.78 is 5.68. The quantitative estimate of drug-likeness (QED) is 0.757. The van der Waals surface area contributed by atoms with Crippen LogP contribution in [0.25, 0.3) is 0 Å². The SMILES string of the molecule is N[C@@H]1c2ccccc2CC12CCN(c1ncc(Oc3ccccc3)nn1)CC2. The van der Waals surface area contributed by atoms with Crippen molar-refractivity contribution >= 4 is 5.95 Å². The van der Waals surface area contributed by atoms with Crippen LogP contribution < -0.4 is 15.4 Å². The van der Waals surface area contributed by atoms with Gasteiger partial charge >= 0.3 is 0 Å². The molecule has 6 nitrogen and oxygen atoms in total. The Hall–Kier alpha value is -2.99. The number of piperidine rings is 1. The van der Waals surface area contributed by atoms with Gasteiger partial charge in [-0.05, 0) is 47.9 Å². The van der Waals surface area contributed by atoms with E-state index in [9.17, 15) is 0 Å². The first-order valence-electron chi connectivity index (χ1n) is 9.74. The maximum absolute atomic E-state index is 6.65. The molecule has 5 rings (SSSR count). The van der Waals surface area contributed by atoms with Crippen molar-refractivity contribution in [3.05, 3.63) is 71.9 Å². The first kappa shape index (κ1) is 17.1. The summed E-state index contributed by atoms with van der Waals surface area (Å²) in [6.45, 7) is 1.78. The average Bonchev–Trinajstić information content (AvgIpc) is 3.02. The summed E-state index contributed by atoms with van der Waals surface area (Å²) in [6.07, 6.45) is 4.78. The van der Waals surface area contributed by atoms with Gasteiger partial charge in [0, 0.05) is 19.1 Å². The van der Waals surface area contributed by atoms with Crippen molar-refractivity contribution in [3.8, 4) is 11.6 Å². The fraction of sp³-hybridized carbons (Fsp3) is 0.318. The van der Waals surface area contributed by atoms with Gasteiger partial charge in [0.25, 0.3) is 5.88 Å². The van der Waals surface area contributed by atoms with E-state index in [0.717, 1.165) is 38.1 Å². The van der Waals surface area contributed by atoms with E-state index in [1.165, 1.54) is 11.1 Å². The zero-order valence-electron chi connectivity index (χ0n) is 15.7. The Morgan fingerprint density at radius 3 is 2.43 bits per heavy atom. The molecular weight excluding hydrogens is 350 g/mol. The van der Waals surface area contributed by atoms with Crippen LogP contribution in [0.15, 0.2) is 60.8 Å². The van der Waals surface area contributed by atoms with Crippen molar-refractivity contribution in [1.29, 1.82) is 0 Å².